The molecule has 0 saturated carbocycles. The quantitative estimate of drug-likeness (QED) is 0.354. The van der Waals surface area contributed by atoms with Crippen molar-refractivity contribution in [1.29, 1.82) is 0 Å². The zero-order valence-corrected chi connectivity index (χ0v) is 11.2. The molecule has 0 spiro atoms. The minimum atomic E-state index is -0.0428. The molecular weight excluding hydrogens is 246 g/mol. The summed E-state index contributed by atoms with van der Waals surface area (Å²) in [7, 11) is 2.09. The van der Waals surface area contributed by atoms with Crippen LogP contribution < -0.4 is 10.5 Å². The molecule has 1 saturated heterocycles. The van der Waals surface area contributed by atoms with Crippen molar-refractivity contribution in [2.24, 2.45) is 10.9 Å². The van der Waals surface area contributed by atoms with Crippen LogP contribution in [-0.2, 0) is 0 Å². The molecule has 0 radical (unpaired) electrons. The highest BCUT2D eigenvalue weighted by Crippen LogP contribution is 2.16. The molecule has 1 aromatic heterocycles. The Balaban J connectivity index is 2.10. The first-order chi connectivity index (χ1) is 9.08. The second kappa shape index (κ2) is 5.83. The van der Waals surface area contributed by atoms with Crippen LogP contribution >= 0.6 is 0 Å². The summed E-state index contributed by atoms with van der Waals surface area (Å²) in [5.74, 6) is -0.0428. The Bertz CT molecular complexity index is 469. The van der Waals surface area contributed by atoms with Crippen LogP contribution in [0.2, 0.25) is 0 Å². The van der Waals surface area contributed by atoms with Crippen molar-refractivity contribution >= 4 is 5.84 Å². The number of nitrogens with two attached hydrogens (primary N) is 1. The van der Waals surface area contributed by atoms with E-state index in [9.17, 15) is 0 Å². The van der Waals surface area contributed by atoms with Gasteiger partial charge in [-0.05, 0) is 32.9 Å². The Morgan fingerprint density at radius 2 is 2.16 bits per heavy atom. The van der Waals surface area contributed by atoms with Gasteiger partial charge in [0.15, 0.2) is 5.84 Å². The largest absolute Gasteiger partial charge is 0.460 e. The molecule has 0 bridgehead atoms. The van der Waals surface area contributed by atoms with Gasteiger partial charge in [0.05, 0.1) is 0 Å². The van der Waals surface area contributed by atoms with E-state index in [1.165, 1.54) is 0 Å². The van der Waals surface area contributed by atoms with E-state index in [-0.39, 0.29) is 18.0 Å². The third-order valence-corrected chi connectivity index (χ3v) is 3.14. The van der Waals surface area contributed by atoms with Gasteiger partial charge < -0.3 is 20.6 Å². The van der Waals surface area contributed by atoms with Gasteiger partial charge in [-0.2, -0.15) is 4.98 Å². The number of piperidine rings is 1. The normalized spacial score (nSPS) is 18.5. The molecule has 0 atom stereocenters. The summed E-state index contributed by atoms with van der Waals surface area (Å²) in [6.45, 7) is 3.82. The number of aryl methyl sites for hydroxylation is 1. The van der Waals surface area contributed by atoms with E-state index < -0.39 is 0 Å². The number of oxime groups is 1. The van der Waals surface area contributed by atoms with Gasteiger partial charge in [0.2, 0.25) is 0 Å². The van der Waals surface area contributed by atoms with E-state index in [0.717, 1.165) is 31.6 Å². The van der Waals surface area contributed by atoms with Crippen molar-refractivity contribution in [2.45, 2.75) is 25.9 Å². The SMILES string of the molecule is Cc1cc(/C(N)=N/O)nc(OC2CCN(C)CC2)n1. The first-order valence-corrected chi connectivity index (χ1v) is 6.27. The van der Waals surface area contributed by atoms with Gasteiger partial charge in [0.1, 0.15) is 11.8 Å². The first-order valence-electron chi connectivity index (χ1n) is 6.27. The van der Waals surface area contributed by atoms with E-state index in [0.29, 0.717) is 5.69 Å². The van der Waals surface area contributed by atoms with Gasteiger partial charge in [-0.15, -0.1) is 0 Å². The standard InChI is InChI=1S/C12H19N5O2/c1-8-7-10(11(13)16-18)15-12(14-8)19-9-3-5-17(2)6-4-9/h7,9,18H,3-6H2,1-2H3,(H2,13,16). The van der Waals surface area contributed by atoms with Gasteiger partial charge in [0.25, 0.3) is 0 Å². The van der Waals surface area contributed by atoms with Crippen LogP contribution in [0.15, 0.2) is 11.2 Å². The molecule has 19 heavy (non-hydrogen) atoms. The highest BCUT2D eigenvalue weighted by Gasteiger charge is 2.19. The molecule has 1 aliphatic rings. The molecule has 3 N–H and O–H groups in total. The lowest BCUT2D eigenvalue weighted by Crippen LogP contribution is -2.36. The van der Waals surface area contributed by atoms with Gasteiger partial charge >= 0.3 is 6.01 Å². The number of nitrogens with zero attached hydrogens (tertiary/aromatic N) is 4. The Hall–Kier alpha value is -1.89. The zero-order chi connectivity index (χ0) is 13.8. The average molecular weight is 265 g/mol. The maximum absolute atomic E-state index is 8.68. The van der Waals surface area contributed by atoms with Gasteiger partial charge in [-0.25, -0.2) is 4.98 Å². The third-order valence-electron chi connectivity index (χ3n) is 3.14. The van der Waals surface area contributed by atoms with Gasteiger partial charge in [-0.1, -0.05) is 5.16 Å². The highest BCUT2D eigenvalue weighted by molar-refractivity contribution is 5.95. The average Bonchev–Trinajstić information content (AvgIpc) is 2.40. The maximum atomic E-state index is 8.68. The number of likely N-dealkylation sites (tertiary alicyclic amines) is 1. The molecular formula is C12H19N5O2. The molecule has 0 aromatic carbocycles. The van der Waals surface area contributed by atoms with Crippen molar-refractivity contribution < 1.29 is 9.94 Å². The number of ether oxygens (including phenoxy) is 1. The van der Waals surface area contributed by atoms with Crippen molar-refractivity contribution in [3.8, 4) is 6.01 Å². The molecule has 2 rings (SSSR count). The maximum Gasteiger partial charge on any atom is 0.317 e. The van der Waals surface area contributed by atoms with Crippen molar-refractivity contribution in [3.05, 3.63) is 17.5 Å². The highest BCUT2D eigenvalue weighted by atomic mass is 16.5. The lowest BCUT2D eigenvalue weighted by Gasteiger charge is -2.28. The Morgan fingerprint density at radius 1 is 1.47 bits per heavy atom. The monoisotopic (exact) mass is 265 g/mol. The molecule has 7 nitrogen and oxygen atoms in total. The number of hydrogen-bond acceptors (Lipinski definition) is 6. The lowest BCUT2D eigenvalue weighted by atomic mass is 10.1. The fraction of sp³-hybridized carbons (Fsp3) is 0.583. The van der Waals surface area contributed by atoms with E-state index in [1.54, 1.807) is 6.07 Å². The predicted octanol–water partition coefficient (Wildman–Crippen LogP) is 0.353. The van der Waals surface area contributed by atoms with Crippen molar-refractivity contribution in [3.63, 3.8) is 0 Å². The summed E-state index contributed by atoms with van der Waals surface area (Å²) < 4.78 is 5.78. The molecule has 0 unspecified atom stereocenters. The molecule has 0 amide bonds. The third kappa shape index (κ3) is 3.54. The summed E-state index contributed by atoms with van der Waals surface area (Å²) in [6, 6.07) is 1.94. The summed E-state index contributed by atoms with van der Waals surface area (Å²) in [6.07, 6.45) is 2.03. The van der Waals surface area contributed by atoms with Crippen LogP contribution in [-0.4, -0.2) is 52.2 Å². The molecule has 2 heterocycles. The number of rotatable bonds is 3. The van der Waals surface area contributed by atoms with Crippen LogP contribution in [0.5, 0.6) is 6.01 Å². The topological polar surface area (TPSA) is 96.9 Å². The molecule has 1 aliphatic heterocycles. The van der Waals surface area contributed by atoms with Crippen molar-refractivity contribution in [2.75, 3.05) is 20.1 Å². The van der Waals surface area contributed by atoms with Crippen molar-refractivity contribution in [1.82, 2.24) is 14.9 Å². The molecule has 104 valence electrons. The van der Waals surface area contributed by atoms with E-state index >= 15 is 0 Å². The Kier molecular flexibility index (Phi) is 4.16. The Morgan fingerprint density at radius 3 is 2.79 bits per heavy atom. The number of amidine groups is 1. The summed E-state index contributed by atoms with van der Waals surface area (Å²) in [5.41, 5.74) is 6.63. The summed E-state index contributed by atoms with van der Waals surface area (Å²) >= 11 is 0. The van der Waals surface area contributed by atoms with Crippen LogP contribution in [0.25, 0.3) is 0 Å². The Labute approximate surface area is 112 Å². The lowest BCUT2D eigenvalue weighted by molar-refractivity contribution is 0.105. The molecule has 1 aromatic rings. The van der Waals surface area contributed by atoms with E-state index in [4.69, 9.17) is 15.7 Å². The number of aromatic nitrogens is 2. The summed E-state index contributed by atoms with van der Waals surface area (Å²) in [4.78, 5) is 10.6. The van der Waals surface area contributed by atoms with Gasteiger partial charge in [0, 0.05) is 18.8 Å². The fourth-order valence-corrected chi connectivity index (χ4v) is 2.03. The molecule has 1 fully saturated rings. The van der Waals surface area contributed by atoms with Crippen LogP contribution in [0.4, 0.5) is 0 Å². The second-order valence-corrected chi connectivity index (χ2v) is 4.78. The van der Waals surface area contributed by atoms with Crippen LogP contribution in [0.1, 0.15) is 24.2 Å². The van der Waals surface area contributed by atoms with Crippen LogP contribution in [0.3, 0.4) is 0 Å². The van der Waals surface area contributed by atoms with Gasteiger partial charge in [-0.3, -0.25) is 0 Å². The zero-order valence-electron chi connectivity index (χ0n) is 11.2. The minimum absolute atomic E-state index is 0.0428. The fourth-order valence-electron chi connectivity index (χ4n) is 2.03. The molecule has 0 aliphatic carbocycles. The second-order valence-electron chi connectivity index (χ2n) is 4.78. The number of hydrogen-bond donors (Lipinski definition) is 2. The summed E-state index contributed by atoms with van der Waals surface area (Å²) in [5, 5.41) is 11.6. The van der Waals surface area contributed by atoms with E-state index in [1.807, 2.05) is 6.92 Å². The minimum Gasteiger partial charge on any atom is -0.460 e. The smallest absolute Gasteiger partial charge is 0.317 e. The first kappa shape index (κ1) is 13.5. The van der Waals surface area contributed by atoms with E-state index in [2.05, 4.69) is 27.1 Å². The van der Waals surface area contributed by atoms with Crippen LogP contribution in [0, 0.1) is 6.92 Å². The predicted molar refractivity (Wildman–Crippen MR) is 70.4 cm³/mol. The molecule has 7 heteroatoms.